The van der Waals surface area contributed by atoms with Crippen LogP contribution in [0.4, 0.5) is 0 Å². The lowest BCUT2D eigenvalue weighted by atomic mass is 10.1. The molecule has 3 nitrogen and oxygen atoms in total. The SMILES string of the molecule is CC1CN(CC(O)c2ccccc2)CC1N(C)C. The highest BCUT2D eigenvalue weighted by Gasteiger charge is 2.31. The first-order valence-corrected chi connectivity index (χ1v) is 6.69. The molecule has 1 N–H and O–H groups in total. The molecule has 1 saturated heterocycles. The summed E-state index contributed by atoms with van der Waals surface area (Å²) in [7, 11) is 4.27. The molecule has 3 heteroatoms. The Labute approximate surface area is 110 Å². The van der Waals surface area contributed by atoms with Gasteiger partial charge in [-0.2, -0.15) is 0 Å². The van der Waals surface area contributed by atoms with Gasteiger partial charge in [-0.25, -0.2) is 0 Å². The number of hydrogen-bond acceptors (Lipinski definition) is 3. The van der Waals surface area contributed by atoms with Crippen LogP contribution in [0.2, 0.25) is 0 Å². The fourth-order valence-electron chi connectivity index (χ4n) is 2.89. The van der Waals surface area contributed by atoms with Gasteiger partial charge in [0.15, 0.2) is 0 Å². The van der Waals surface area contributed by atoms with E-state index in [-0.39, 0.29) is 6.10 Å². The van der Waals surface area contributed by atoms with Crippen molar-refractivity contribution >= 4 is 0 Å². The standard InChI is InChI=1S/C15H24N2O/c1-12-9-17(10-14(12)16(2)3)11-15(18)13-7-5-4-6-8-13/h4-8,12,14-15,18H,9-11H2,1-3H3. The third-order valence-corrected chi connectivity index (χ3v) is 3.93. The first-order valence-electron chi connectivity index (χ1n) is 6.69. The van der Waals surface area contributed by atoms with Crippen molar-refractivity contribution in [2.75, 3.05) is 33.7 Å². The van der Waals surface area contributed by atoms with E-state index in [0.29, 0.717) is 12.0 Å². The fourth-order valence-corrected chi connectivity index (χ4v) is 2.89. The molecule has 0 bridgehead atoms. The van der Waals surface area contributed by atoms with Gasteiger partial charge >= 0.3 is 0 Å². The average Bonchev–Trinajstić information content (AvgIpc) is 2.71. The van der Waals surface area contributed by atoms with Gasteiger partial charge in [-0.05, 0) is 25.6 Å². The number of aliphatic hydroxyl groups excluding tert-OH is 1. The van der Waals surface area contributed by atoms with Gasteiger partial charge in [0.1, 0.15) is 0 Å². The Morgan fingerprint density at radius 1 is 1.28 bits per heavy atom. The predicted molar refractivity (Wildman–Crippen MR) is 74.5 cm³/mol. The van der Waals surface area contributed by atoms with E-state index in [4.69, 9.17) is 0 Å². The maximum atomic E-state index is 10.2. The number of β-amino-alcohol motifs (C(OH)–C–C–N with tert-alkyl or cyclic N) is 1. The minimum Gasteiger partial charge on any atom is -0.387 e. The Morgan fingerprint density at radius 3 is 2.50 bits per heavy atom. The first kappa shape index (κ1) is 13.5. The second kappa shape index (κ2) is 5.83. The third-order valence-electron chi connectivity index (χ3n) is 3.93. The highest BCUT2D eigenvalue weighted by atomic mass is 16.3. The van der Waals surface area contributed by atoms with Crippen LogP contribution in [0, 0.1) is 5.92 Å². The Bertz CT molecular complexity index is 366. The molecule has 100 valence electrons. The van der Waals surface area contributed by atoms with E-state index < -0.39 is 0 Å². The van der Waals surface area contributed by atoms with Gasteiger partial charge in [-0.3, -0.25) is 4.90 Å². The number of hydrogen-bond donors (Lipinski definition) is 1. The van der Waals surface area contributed by atoms with E-state index >= 15 is 0 Å². The van der Waals surface area contributed by atoms with Crippen LogP contribution in [0.5, 0.6) is 0 Å². The zero-order chi connectivity index (χ0) is 13.1. The predicted octanol–water partition coefficient (Wildman–Crippen LogP) is 1.60. The molecule has 18 heavy (non-hydrogen) atoms. The summed E-state index contributed by atoms with van der Waals surface area (Å²) in [5, 5.41) is 10.2. The van der Waals surface area contributed by atoms with Crippen LogP contribution in [-0.2, 0) is 0 Å². The van der Waals surface area contributed by atoms with Crippen LogP contribution in [0.1, 0.15) is 18.6 Å². The molecule has 1 aliphatic heterocycles. The molecule has 1 heterocycles. The molecule has 0 spiro atoms. The maximum absolute atomic E-state index is 10.2. The third kappa shape index (κ3) is 3.10. The van der Waals surface area contributed by atoms with Crippen LogP contribution in [0.25, 0.3) is 0 Å². The van der Waals surface area contributed by atoms with Crippen LogP contribution in [0.3, 0.4) is 0 Å². The smallest absolute Gasteiger partial charge is 0.0916 e. The topological polar surface area (TPSA) is 26.7 Å². The summed E-state index contributed by atoms with van der Waals surface area (Å²) in [4.78, 5) is 4.66. The number of likely N-dealkylation sites (N-methyl/N-ethyl adjacent to an activating group) is 1. The second-order valence-corrected chi connectivity index (χ2v) is 5.65. The van der Waals surface area contributed by atoms with E-state index in [9.17, 15) is 5.11 Å². The summed E-state index contributed by atoms with van der Waals surface area (Å²) < 4.78 is 0. The van der Waals surface area contributed by atoms with Crippen molar-refractivity contribution in [3.8, 4) is 0 Å². The maximum Gasteiger partial charge on any atom is 0.0916 e. The lowest BCUT2D eigenvalue weighted by molar-refractivity contribution is 0.122. The quantitative estimate of drug-likeness (QED) is 0.877. The number of nitrogens with zero attached hydrogens (tertiary/aromatic N) is 2. The van der Waals surface area contributed by atoms with E-state index in [1.54, 1.807) is 0 Å². The Balaban J connectivity index is 1.92. The van der Waals surface area contributed by atoms with Crippen LogP contribution >= 0.6 is 0 Å². The zero-order valence-corrected chi connectivity index (χ0v) is 11.6. The van der Waals surface area contributed by atoms with Crippen LogP contribution in [-0.4, -0.2) is 54.7 Å². The van der Waals surface area contributed by atoms with Gasteiger partial charge in [-0.1, -0.05) is 37.3 Å². The molecule has 1 aliphatic rings. The second-order valence-electron chi connectivity index (χ2n) is 5.65. The lowest BCUT2D eigenvalue weighted by Crippen LogP contribution is -2.35. The number of benzene rings is 1. The molecule has 0 amide bonds. The molecular weight excluding hydrogens is 224 g/mol. The number of likely N-dealkylation sites (tertiary alicyclic amines) is 1. The highest BCUT2D eigenvalue weighted by Crippen LogP contribution is 2.23. The van der Waals surface area contributed by atoms with Crippen LogP contribution < -0.4 is 0 Å². The highest BCUT2D eigenvalue weighted by molar-refractivity contribution is 5.17. The molecule has 1 fully saturated rings. The summed E-state index contributed by atoms with van der Waals surface area (Å²) >= 11 is 0. The van der Waals surface area contributed by atoms with Gasteiger partial charge in [0.2, 0.25) is 0 Å². The largest absolute Gasteiger partial charge is 0.387 e. The van der Waals surface area contributed by atoms with E-state index in [1.807, 2.05) is 30.3 Å². The normalized spacial score (nSPS) is 26.7. The minimum atomic E-state index is -0.376. The van der Waals surface area contributed by atoms with Gasteiger partial charge in [0, 0.05) is 25.7 Å². The van der Waals surface area contributed by atoms with Crippen LogP contribution in [0.15, 0.2) is 30.3 Å². The van der Waals surface area contributed by atoms with Crippen molar-refractivity contribution in [2.24, 2.45) is 5.92 Å². The molecule has 2 rings (SSSR count). The zero-order valence-electron chi connectivity index (χ0n) is 11.6. The van der Waals surface area contributed by atoms with Crippen molar-refractivity contribution in [1.82, 2.24) is 9.80 Å². The van der Waals surface area contributed by atoms with Crippen molar-refractivity contribution in [2.45, 2.75) is 19.1 Å². The molecule has 0 radical (unpaired) electrons. The summed E-state index contributed by atoms with van der Waals surface area (Å²) in [5.41, 5.74) is 1.01. The lowest BCUT2D eigenvalue weighted by Gasteiger charge is -2.23. The molecule has 0 aromatic heterocycles. The van der Waals surface area contributed by atoms with Gasteiger partial charge in [0.25, 0.3) is 0 Å². The molecular formula is C15H24N2O. The summed E-state index contributed by atoms with van der Waals surface area (Å²) in [5.74, 6) is 0.669. The average molecular weight is 248 g/mol. The number of rotatable bonds is 4. The van der Waals surface area contributed by atoms with Crippen molar-refractivity contribution in [3.05, 3.63) is 35.9 Å². The summed E-state index contributed by atoms with van der Waals surface area (Å²) in [6.45, 7) is 5.16. The fraction of sp³-hybridized carbons (Fsp3) is 0.600. The molecule has 1 aromatic carbocycles. The molecule has 3 atom stereocenters. The van der Waals surface area contributed by atoms with E-state index in [2.05, 4.69) is 30.8 Å². The molecule has 3 unspecified atom stereocenters. The van der Waals surface area contributed by atoms with Gasteiger partial charge in [-0.15, -0.1) is 0 Å². The first-order chi connectivity index (χ1) is 8.58. The van der Waals surface area contributed by atoms with E-state index in [1.165, 1.54) is 0 Å². The molecule has 0 aliphatic carbocycles. The molecule has 0 saturated carbocycles. The van der Waals surface area contributed by atoms with E-state index in [0.717, 1.165) is 25.2 Å². The molecule has 1 aromatic rings. The number of aliphatic hydroxyl groups is 1. The van der Waals surface area contributed by atoms with Crippen molar-refractivity contribution in [3.63, 3.8) is 0 Å². The van der Waals surface area contributed by atoms with Crippen molar-refractivity contribution in [1.29, 1.82) is 0 Å². The Hall–Kier alpha value is -0.900. The summed E-state index contributed by atoms with van der Waals surface area (Å²) in [6, 6.07) is 10.5. The van der Waals surface area contributed by atoms with Crippen molar-refractivity contribution < 1.29 is 5.11 Å². The Kier molecular flexibility index (Phi) is 4.38. The van der Waals surface area contributed by atoms with Gasteiger partial charge < -0.3 is 10.0 Å². The Morgan fingerprint density at radius 2 is 1.94 bits per heavy atom. The summed E-state index contributed by atoms with van der Waals surface area (Å²) in [6.07, 6.45) is -0.376. The minimum absolute atomic E-state index is 0.376. The van der Waals surface area contributed by atoms with Gasteiger partial charge in [0.05, 0.1) is 6.10 Å². The monoisotopic (exact) mass is 248 g/mol.